The van der Waals surface area contributed by atoms with Crippen LogP contribution in [0.1, 0.15) is 16.4 Å². The zero-order chi connectivity index (χ0) is 24.8. The Kier molecular flexibility index (Phi) is 5.83. The van der Waals surface area contributed by atoms with Gasteiger partial charge in [-0.3, -0.25) is 13.9 Å². The zero-order valence-corrected chi connectivity index (χ0v) is 19.4. The Morgan fingerprint density at radius 2 is 1.86 bits per heavy atom. The van der Waals surface area contributed by atoms with Crippen LogP contribution in [0.5, 0.6) is 5.75 Å². The van der Waals surface area contributed by atoms with E-state index in [1.807, 2.05) is 4.57 Å². The van der Waals surface area contributed by atoms with Crippen LogP contribution < -0.4 is 10.1 Å². The first-order valence-corrected chi connectivity index (χ1v) is 12.5. The number of halogens is 3. The third kappa shape index (κ3) is 5.05. The number of nitrogens with one attached hydrogen (secondary N) is 1. The Bertz CT molecular complexity index is 1390. The number of carbonyl (C=O) groups excluding carboxylic acids is 1. The maximum Gasteiger partial charge on any atom is 0.487 e. The third-order valence-corrected chi connectivity index (χ3v) is 7.38. The van der Waals surface area contributed by atoms with E-state index in [-0.39, 0.29) is 23.3 Å². The number of nitrogens with zero attached hydrogens (tertiary/aromatic N) is 4. The summed E-state index contributed by atoms with van der Waals surface area (Å²) in [4.78, 5) is 25.6. The molecule has 0 atom stereocenters. The van der Waals surface area contributed by atoms with E-state index in [4.69, 9.17) is 11.6 Å². The van der Waals surface area contributed by atoms with E-state index in [0.29, 0.717) is 27.9 Å². The van der Waals surface area contributed by atoms with Crippen molar-refractivity contribution in [2.45, 2.75) is 11.6 Å². The summed E-state index contributed by atoms with van der Waals surface area (Å²) in [6.45, 7) is 0. The molecule has 3 N–H and O–H groups in total. The molecule has 1 amide bonds. The van der Waals surface area contributed by atoms with Gasteiger partial charge in [0.25, 0.3) is 5.91 Å². The summed E-state index contributed by atoms with van der Waals surface area (Å²) in [6, 6.07) is 8.49. The number of alkyl halides is 3. The van der Waals surface area contributed by atoms with Crippen molar-refractivity contribution in [1.29, 1.82) is 0 Å². The highest BCUT2D eigenvalue weighted by Gasteiger charge is 2.36. The second-order valence-electron chi connectivity index (χ2n) is 7.99. The number of anilines is 1. The Morgan fingerprint density at radius 3 is 2.49 bits per heavy atom. The highest BCUT2D eigenvalue weighted by atomic mass is 35.5. The van der Waals surface area contributed by atoms with Crippen molar-refractivity contribution in [2.75, 3.05) is 16.8 Å². The molecule has 3 heterocycles. The van der Waals surface area contributed by atoms with E-state index in [1.165, 1.54) is 30.6 Å². The maximum absolute atomic E-state index is 13.0. The number of hydrogen-bond acceptors (Lipinski definition) is 7. The second kappa shape index (κ2) is 8.72. The van der Waals surface area contributed by atoms with Gasteiger partial charge in [0, 0.05) is 46.4 Å². The van der Waals surface area contributed by atoms with E-state index in [0.717, 1.165) is 5.52 Å². The molecule has 1 aliphatic heterocycles. The number of carbonyl (C=O) groups is 1. The number of aromatic nitrogens is 4. The minimum atomic E-state index is -3.84. The lowest BCUT2D eigenvalue weighted by Gasteiger charge is -2.47. The molecule has 4 aromatic rings. The molecule has 182 valence electrons. The van der Waals surface area contributed by atoms with Crippen molar-refractivity contribution < 1.29 is 27.4 Å². The zero-order valence-electron chi connectivity index (χ0n) is 17.8. The van der Waals surface area contributed by atoms with Crippen molar-refractivity contribution in [2.24, 2.45) is 0 Å². The molecule has 2 aromatic carbocycles. The molecule has 1 aliphatic rings. The van der Waals surface area contributed by atoms with Crippen molar-refractivity contribution in [1.82, 2.24) is 19.5 Å². The second-order valence-corrected chi connectivity index (χ2v) is 10.7. The van der Waals surface area contributed by atoms with E-state index in [9.17, 15) is 22.7 Å². The van der Waals surface area contributed by atoms with Gasteiger partial charge in [-0.1, -0.05) is 0 Å². The molecule has 2 aromatic heterocycles. The molecule has 9 nitrogen and oxygen atoms in total. The quantitative estimate of drug-likeness (QED) is 0.297. The van der Waals surface area contributed by atoms with Gasteiger partial charge >= 0.3 is 5.57 Å². The Hall–Kier alpha value is -3.32. The molecule has 0 unspecified atom stereocenters. The van der Waals surface area contributed by atoms with Crippen LogP contribution in [0.15, 0.2) is 61.4 Å². The van der Waals surface area contributed by atoms with Gasteiger partial charge in [-0.2, -0.15) is 10.6 Å². The largest absolute Gasteiger partial charge is 0.487 e. The smallest absolute Gasteiger partial charge is 0.420 e. The lowest BCUT2D eigenvalue weighted by atomic mass is 10.0. The van der Waals surface area contributed by atoms with E-state index in [2.05, 4.69) is 25.0 Å². The lowest BCUT2D eigenvalue weighted by molar-refractivity contribution is -0.0964. The van der Waals surface area contributed by atoms with Gasteiger partial charge in [-0.05, 0) is 36.4 Å². The molecule has 0 radical (unpaired) electrons. The molecule has 35 heavy (non-hydrogen) atoms. The predicted octanol–water partition coefficient (Wildman–Crippen LogP) is 5.22. The number of benzene rings is 2. The number of ether oxygens (including phenoxy) is 1. The summed E-state index contributed by atoms with van der Waals surface area (Å²) in [7, 11) is -2.57. The summed E-state index contributed by atoms with van der Waals surface area (Å²) in [6.07, 6.45) is 6.23. The molecule has 13 heteroatoms. The lowest BCUT2D eigenvalue weighted by Crippen LogP contribution is -2.34. The average Bonchev–Trinajstić information content (AvgIpc) is 3.21. The van der Waals surface area contributed by atoms with Gasteiger partial charge in [0.1, 0.15) is 12.1 Å². The van der Waals surface area contributed by atoms with Crippen LogP contribution in [0, 0.1) is 0 Å². The van der Waals surface area contributed by atoms with Crippen molar-refractivity contribution in [3.8, 4) is 16.9 Å². The molecule has 0 aliphatic carbocycles. The van der Waals surface area contributed by atoms with Crippen LogP contribution in [-0.4, -0.2) is 51.6 Å². The molecular formula is C22H18ClF2N5O4S. The van der Waals surface area contributed by atoms with Gasteiger partial charge in [0.05, 0.1) is 34.9 Å². The summed E-state index contributed by atoms with van der Waals surface area (Å²) in [5.41, 5.74) is -0.613. The first kappa shape index (κ1) is 23.4. The Balaban J connectivity index is 1.47. The molecule has 5 rings (SSSR count). The summed E-state index contributed by atoms with van der Waals surface area (Å²) in [5.74, 6) is -0.135. The average molecular weight is 522 g/mol. The number of imidazole rings is 1. The number of amides is 1. The van der Waals surface area contributed by atoms with Crippen molar-refractivity contribution >= 4 is 44.8 Å². The van der Waals surface area contributed by atoms with E-state index < -0.39 is 22.1 Å². The minimum absolute atomic E-state index is 0.130. The highest BCUT2D eigenvalue weighted by Crippen LogP contribution is 2.54. The predicted molar refractivity (Wildman–Crippen MR) is 128 cm³/mol. The topological polar surface area (TPSA) is 122 Å². The summed E-state index contributed by atoms with van der Waals surface area (Å²) < 4.78 is 51.4. The molecule has 0 spiro atoms. The number of rotatable bonds is 6. The van der Waals surface area contributed by atoms with Crippen molar-refractivity contribution in [3.05, 3.63) is 67.0 Å². The molecule has 1 fully saturated rings. The first-order chi connectivity index (χ1) is 16.6. The van der Waals surface area contributed by atoms with Crippen LogP contribution in [0.3, 0.4) is 0 Å². The van der Waals surface area contributed by atoms with Crippen LogP contribution in [0.2, 0.25) is 0 Å². The van der Waals surface area contributed by atoms with Gasteiger partial charge in [-0.15, -0.1) is 8.78 Å². The Morgan fingerprint density at radius 1 is 1.17 bits per heavy atom. The molecule has 0 saturated carbocycles. The van der Waals surface area contributed by atoms with Gasteiger partial charge in [0.15, 0.2) is 0 Å². The maximum atomic E-state index is 13.0. The van der Waals surface area contributed by atoms with Gasteiger partial charge in [0.2, 0.25) is 0 Å². The van der Waals surface area contributed by atoms with Crippen LogP contribution in [-0.2, 0) is 0 Å². The Labute approximate surface area is 204 Å². The fourth-order valence-electron chi connectivity index (χ4n) is 3.91. The van der Waals surface area contributed by atoms with Crippen LogP contribution in [0.25, 0.3) is 22.2 Å². The van der Waals surface area contributed by atoms with E-state index in [1.54, 1.807) is 30.9 Å². The fraction of sp³-hybridized carbons (Fsp3) is 0.182. The SMILES string of the molecule is O=C(Nc1ccc(OC(F)(F)Cl)cc1)c1cc(-c2cncnc2)c2c(c1)ncn2C1CS(O)(O)C1. The van der Waals surface area contributed by atoms with Gasteiger partial charge in [-0.25, -0.2) is 15.0 Å². The fourth-order valence-corrected chi connectivity index (χ4v) is 5.45. The van der Waals surface area contributed by atoms with Crippen molar-refractivity contribution in [3.63, 3.8) is 0 Å². The minimum Gasteiger partial charge on any atom is -0.420 e. The normalized spacial score (nSPS) is 16.5. The number of hydrogen-bond donors (Lipinski definition) is 3. The van der Waals surface area contributed by atoms with Crippen LogP contribution >= 0.6 is 22.2 Å². The monoisotopic (exact) mass is 521 g/mol. The number of fused-ring (bicyclic) bond motifs is 1. The molecule has 0 bridgehead atoms. The highest BCUT2D eigenvalue weighted by molar-refractivity contribution is 8.25. The standard InChI is InChI=1S/C22H18ClF2N5O4S/c23-22(24,25)34-17-3-1-15(2-4-17)29-21(31)13-5-18(14-7-26-11-27-8-14)20-19(6-13)28-12-30(20)16-9-35(32,33)10-16/h1-8,11-12,16,32-33H,9-10H2,(H,29,31). The van der Waals surface area contributed by atoms with Gasteiger partial charge < -0.3 is 14.6 Å². The third-order valence-electron chi connectivity index (χ3n) is 5.46. The molecule has 1 saturated heterocycles. The summed E-state index contributed by atoms with van der Waals surface area (Å²) in [5, 5.41) is 2.71. The molecular weight excluding hydrogens is 504 g/mol. The summed E-state index contributed by atoms with van der Waals surface area (Å²) >= 11 is 4.77. The first-order valence-electron chi connectivity index (χ1n) is 10.2. The van der Waals surface area contributed by atoms with Crippen LogP contribution in [0.4, 0.5) is 14.5 Å². The van der Waals surface area contributed by atoms with E-state index >= 15 is 0 Å².